The van der Waals surface area contributed by atoms with E-state index in [0.29, 0.717) is 11.3 Å². The summed E-state index contributed by atoms with van der Waals surface area (Å²) in [6, 6.07) is 4.89. The van der Waals surface area contributed by atoms with Crippen LogP contribution in [-0.4, -0.2) is 24.5 Å². The lowest BCUT2D eigenvalue weighted by atomic mass is 10.00. The fraction of sp³-hybridized carbons (Fsp3) is 0.333. The molecule has 2 rings (SSSR count). The zero-order valence-corrected chi connectivity index (χ0v) is 9.87. The van der Waals surface area contributed by atoms with E-state index in [2.05, 4.69) is 5.32 Å². The zero-order chi connectivity index (χ0) is 12.6. The van der Waals surface area contributed by atoms with Crippen LogP contribution in [0, 0.1) is 0 Å². The lowest BCUT2D eigenvalue weighted by Gasteiger charge is -2.16. The molecule has 0 fully saturated rings. The summed E-state index contributed by atoms with van der Waals surface area (Å²) in [6.07, 6.45) is -0.598. The highest BCUT2D eigenvalue weighted by atomic mass is 16.6. The second kappa shape index (κ2) is 3.76. The van der Waals surface area contributed by atoms with Gasteiger partial charge in [0, 0.05) is 7.05 Å². The number of hydrogen-bond donors (Lipinski definition) is 1. The summed E-state index contributed by atoms with van der Waals surface area (Å²) in [4.78, 5) is 23.1. The molecule has 0 unspecified atom stereocenters. The van der Waals surface area contributed by atoms with Crippen LogP contribution < -0.4 is 14.8 Å². The second-order valence-corrected chi connectivity index (χ2v) is 4.21. The predicted octanol–water partition coefficient (Wildman–Crippen LogP) is 1.76. The maximum absolute atomic E-state index is 11.9. The third-order valence-corrected chi connectivity index (χ3v) is 2.53. The Labute approximate surface area is 98.7 Å². The molecule has 5 heteroatoms. The van der Waals surface area contributed by atoms with Crippen molar-refractivity contribution in [1.29, 1.82) is 0 Å². The maximum atomic E-state index is 11.9. The molecule has 90 valence electrons. The van der Waals surface area contributed by atoms with E-state index in [1.54, 1.807) is 32.0 Å². The Balaban J connectivity index is 2.41. The first-order valence-corrected chi connectivity index (χ1v) is 5.22. The van der Waals surface area contributed by atoms with Crippen molar-refractivity contribution in [3.05, 3.63) is 23.8 Å². The molecule has 0 aromatic heterocycles. The minimum absolute atomic E-state index is 0.116. The molecular weight excluding hydrogens is 222 g/mol. The highest BCUT2D eigenvalue weighted by Gasteiger charge is 2.41. The Morgan fingerprint density at radius 2 is 2.12 bits per heavy atom. The van der Waals surface area contributed by atoms with Crippen molar-refractivity contribution in [3.63, 3.8) is 0 Å². The number of carbonyl (C=O) groups excluding carboxylic acids is 2. The van der Waals surface area contributed by atoms with Gasteiger partial charge in [0.15, 0.2) is 17.1 Å². The average Bonchev–Trinajstić information content (AvgIpc) is 2.52. The Bertz CT molecular complexity index is 493. The van der Waals surface area contributed by atoms with Gasteiger partial charge in [-0.2, -0.15) is 0 Å². The maximum Gasteiger partial charge on any atom is 0.412 e. The molecular formula is C12H13NO4. The number of ether oxygens (including phenoxy) is 2. The van der Waals surface area contributed by atoms with Crippen LogP contribution in [0.2, 0.25) is 0 Å². The van der Waals surface area contributed by atoms with Gasteiger partial charge in [-0.05, 0) is 26.0 Å². The van der Waals surface area contributed by atoms with Crippen LogP contribution >= 0.6 is 0 Å². The van der Waals surface area contributed by atoms with Gasteiger partial charge in [-0.1, -0.05) is 6.07 Å². The summed E-state index contributed by atoms with van der Waals surface area (Å²) in [5.41, 5.74) is -0.471. The van der Waals surface area contributed by atoms with Gasteiger partial charge < -0.3 is 14.8 Å². The summed E-state index contributed by atoms with van der Waals surface area (Å²) >= 11 is 0. The minimum atomic E-state index is -0.912. The van der Waals surface area contributed by atoms with Gasteiger partial charge in [0.2, 0.25) is 5.78 Å². The average molecular weight is 235 g/mol. The lowest BCUT2D eigenvalue weighted by Crippen LogP contribution is -2.32. The second-order valence-electron chi connectivity index (χ2n) is 4.21. The van der Waals surface area contributed by atoms with Crippen molar-refractivity contribution in [2.24, 2.45) is 0 Å². The van der Waals surface area contributed by atoms with Crippen LogP contribution in [0.15, 0.2) is 18.2 Å². The van der Waals surface area contributed by atoms with E-state index in [4.69, 9.17) is 9.47 Å². The normalized spacial score (nSPS) is 16.1. The molecule has 1 aliphatic heterocycles. The number of rotatable bonds is 1. The number of Topliss-reactive ketones (excluding diaryl/α,β-unsaturated/α-hetero) is 1. The highest BCUT2D eigenvalue weighted by molar-refractivity contribution is 6.07. The van der Waals surface area contributed by atoms with Crippen LogP contribution in [0.4, 0.5) is 4.79 Å². The first-order chi connectivity index (χ1) is 7.95. The Hall–Kier alpha value is -2.04. The molecule has 0 atom stereocenters. The quantitative estimate of drug-likeness (QED) is 0.805. The fourth-order valence-corrected chi connectivity index (χ4v) is 1.66. The van der Waals surface area contributed by atoms with Crippen LogP contribution in [0.1, 0.15) is 24.2 Å². The predicted molar refractivity (Wildman–Crippen MR) is 60.6 cm³/mol. The van der Waals surface area contributed by atoms with Crippen LogP contribution in [0.25, 0.3) is 0 Å². The van der Waals surface area contributed by atoms with Crippen molar-refractivity contribution in [1.82, 2.24) is 5.32 Å². The number of amides is 1. The van der Waals surface area contributed by atoms with E-state index in [0.717, 1.165) is 0 Å². The van der Waals surface area contributed by atoms with E-state index >= 15 is 0 Å². The summed E-state index contributed by atoms with van der Waals surface area (Å²) in [5.74, 6) is 0.460. The molecule has 17 heavy (non-hydrogen) atoms. The number of benzene rings is 1. The highest BCUT2D eigenvalue weighted by Crippen LogP contribution is 2.41. The molecule has 1 amide bonds. The van der Waals surface area contributed by atoms with Crippen LogP contribution in [-0.2, 0) is 0 Å². The molecule has 0 aliphatic carbocycles. The van der Waals surface area contributed by atoms with E-state index in [1.807, 2.05) is 0 Å². The van der Waals surface area contributed by atoms with E-state index < -0.39 is 11.7 Å². The Morgan fingerprint density at radius 3 is 2.76 bits per heavy atom. The van der Waals surface area contributed by atoms with Crippen molar-refractivity contribution >= 4 is 11.9 Å². The summed E-state index contributed by atoms with van der Waals surface area (Å²) in [6.45, 7) is 3.36. The van der Waals surface area contributed by atoms with Gasteiger partial charge in [-0.15, -0.1) is 0 Å². The standard InChI is InChI=1S/C12H13NO4/c1-12(2)10(14)7-5-4-6-8(9(7)17-12)16-11(15)13-3/h4-6H,1-3H3,(H,13,15). The monoisotopic (exact) mass is 235 g/mol. The molecule has 0 saturated carbocycles. The number of ketones is 1. The SMILES string of the molecule is CNC(=O)Oc1cccc2c1OC(C)(C)C2=O. The molecule has 0 spiro atoms. The van der Waals surface area contributed by atoms with Crippen LogP contribution in [0.3, 0.4) is 0 Å². The van der Waals surface area contributed by atoms with Crippen LogP contribution in [0.5, 0.6) is 11.5 Å². The fourth-order valence-electron chi connectivity index (χ4n) is 1.66. The van der Waals surface area contributed by atoms with E-state index in [1.165, 1.54) is 7.05 Å². The lowest BCUT2D eigenvalue weighted by molar-refractivity contribution is 0.0679. The molecule has 5 nitrogen and oxygen atoms in total. The number of fused-ring (bicyclic) bond motifs is 1. The van der Waals surface area contributed by atoms with Gasteiger partial charge in [-0.25, -0.2) is 4.79 Å². The van der Waals surface area contributed by atoms with Crippen molar-refractivity contribution in [2.45, 2.75) is 19.4 Å². The van der Waals surface area contributed by atoms with E-state index in [9.17, 15) is 9.59 Å². The van der Waals surface area contributed by atoms with Gasteiger partial charge in [0.1, 0.15) is 0 Å². The number of hydrogen-bond acceptors (Lipinski definition) is 4. The molecule has 1 heterocycles. The Kier molecular flexibility index (Phi) is 2.53. The first kappa shape index (κ1) is 11.4. The number of carbonyl (C=O) groups is 2. The summed E-state index contributed by atoms with van der Waals surface area (Å²) < 4.78 is 10.5. The van der Waals surface area contributed by atoms with Gasteiger partial charge >= 0.3 is 6.09 Å². The van der Waals surface area contributed by atoms with Crippen molar-refractivity contribution in [3.8, 4) is 11.5 Å². The third-order valence-electron chi connectivity index (χ3n) is 2.53. The smallest absolute Gasteiger partial charge is 0.412 e. The van der Waals surface area contributed by atoms with Gasteiger partial charge in [-0.3, -0.25) is 4.79 Å². The summed E-state index contributed by atoms with van der Waals surface area (Å²) in [7, 11) is 1.46. The van der Waals surface area contributed by atoms with Gasteiger partial charge in [0.05, 0.1) is 5.56 Å². The third kappa shape index (κ3) is 1.84. The minimum Gasteiger partial charge on any atom is -0.475 e. The number of para-hydroxylation sites is 1. The summed E-state index contributed by atoms with van der Waals surface area (Å²) in [5, 5.41) is 2.33. The molecule has 0 radical (unpaired) electrons. The van der Waals surface area contributed by atoms with Crippen molar-refractivity contribution < 1.29 is 19.1 Å². The molecule has 1 aromatic rings. The largest absolute Gasteiger partial charge is 0.475 e. The number of nitrogens with one attached hydrogen (secondary N) is 1. The molecule has 1 aliphatic rings. The Morgan fingerprint density at radius 1 is 1.41 bits per heavy atom. The zero-order valence-electron chi connectivity index (χ0n) is 9.87. The molecule has 0 bridgehead atoms. The van der Waals surface area contributed by atoms with E-state index in [-0.39, 0.29) is 11.5 Å². The molecule has 1 aromatic carbocycles. The molecule has 0 saturated heterocycles. The first-order valence-electron chi connectivity index (χ1n) is 5.22. The molecule has 1 N–H and O–H groups in total. The topological polar surface area (TPSA) is 64.6 Å². The van der Waals surface area contributed by atoms with Gasteiger partial charge in [0.25, 0.3) is 0 Å². The van der Waals surface area contributed by atoms with Crippen molar-refractivity contribution in [2.75, 3.05) is 7.05 Å².